The SMILES string of the molecule is C[C@]1(O)C[C@](NC(=O)O)(c2ccc(-c3sc4c(c3-c3ccccn3)C(=O)C(CC(F)(F)F)N=C4)cc2)C1. The van der Waals surface area contributed by atoms with Gasteiger partial charge in [0.1, 0.15) is 6.04 Å². The highest BCUT2D eigenvalue weighted by atomic mass is 32.1. The predicted molar refractivity (Wildman–Crippen MR) is 132 cm³/mol. The Kier molecular flexibility index (Phi) is 5.95. The molecule has 2 aliphatic rings. The molecule has 1 aromatic carbocycles. The van der Waals surface area contributed by atoms with E-state index in [0.29, 0.717) is 32.1 Å². The number of fused-ring (bicyclic) bond motifs is 1. The number of hydrogen-bond donors (Lipinski definition) is 3. The lowest BCUT2D eigenvalue weighted by Gasteiger charge is -2.51. The van der Waals surface area contributed by atoms with Gasteiger partial charge in [0, 0.05) is 41.3 Å². The Balaban J connectivity index is 1.57. The molecule has 0 saturated heterocycles. The van der Waals surface area contributed by atoms with E-state index in [9.17, 15) is 33.0 Å². The largest absolute Gasteiger partial charge is 0.465 e. The van der Waals surface area contributed by atoms with Crippen molar-refractivity contribution in [2.45, 2.75) is 49.5 Å². The standard InChI is InChI=1S/C26H22F3N3O4S/c1-24(36)12-25(13-24,32-23(34)35)15-7-5-14(6-8-15)22-19(16-4-2-3-9-30-16)20-18(37-22)11-31-17(21(20)33)10-26(27,28)29/h2-9,11,17,32,36H,10,12-13H2,1H3,(H,34,35)/t17?,24-,25+. The first-order chi connectivity index (χ1) is 17.4. The fourth-order valence-corrected chi connectivity index (χ4v) is 6.46. The predicted octanol–water partition coefficient (Wildman–Crippen LogP) is 5.42. The first-order valence-electron chi connectivity index (χ1n) is 11.4. The molecule has 1 aliphatic carbocycles. The van der Waals surface area contributed by atoms with Gasteiger partial charge in [-0.15, -0.1) is 11.3 Å². The number of aromatic nitrogens is 1. The number of carbonyl (C=O) groups excluding carboxylic acids is 1. The van der Waals surface area contributed by atoms with Gasteiger partial charge in [-0.1, -0.05) is 30.3 Å². The highest BCUT2D eigenvalue weighted by molar-refractivity contribution is 7.18. The molecule has 1 saturated carbocycles. The van der Waals surface area contributed by atoms with E-state index in [2.05, 4.69) is 15.3 Å². The van der Waals surface area contributed by atoms with Gasteiger partial charge in [0.05, 0.1) is 28.1 Å². The van der Waals surface area contributed by atoms with Gasteiger partial charge in [-0.3, -0.25) is 14.8 Å². The molecular formula is C26H22F3N3O4S. The van der Waals surface area contributed by atoms with Crippen molar-refractivity contribution in [3.63, 3.8) is 0 Å². The van der Waals surface area contributed by atoms with Crippen LogP contribution in [-0.2, 0) is 5.54 Å². The molecule has 1 unspecified atom stereocenters. The Labute approximate surface area is 213 Å². The van der Waals surface area contributed by atoms with Crippen molar-refractivity contribution in [2.75, 3.05) is 0 Å². The number of carboxylic acid groups (broad SMARTS) is 1. The van der Waals surface area contributed by atoms with Gasteiger partial charge in [-0.2, -0.15) is 13.2 Å². The van der Waals surface area contributed by atoms with Gasteiger partial charge >= 0.3 is 12.3 Å². The number of halogens is 3. The summed E-state index contributed by atoms with van der Waals surface area (Å²) in [6.07, 6.45) is -3.79. The summed E-state index contributed by atoms with van der Waals surface area (Å²) in [5.74, 6) is -0.698. The maximum absolute atomic E-state index is 13.2. The van der Waals surface area contributed by atoms with E-state index >= 15 is 0 Å². The number of aliphatic imine (C=N–C) groups is 1. The van der Waals surface area contributed by atoms with Gasteiger partial charge < -0.3 is 15.5 Å². The Bertz CT molecular complexity index is 1390. The summed E-state index contributed by atoms with van der Waals surface area (Å²) in [7, 11) is 0. The van der Waals surface area contributed by atoms with E-state index < -0.39 is 41.7 Å². The lowest BCUT2D eigenvalue weighted by atomic mass is 9.62. The lowest BCUT2D eigenvalue weighted by molar-refractivity contribution is -0.135. The van der Waals surface area contributed by atoms with E-state index in [4.69, 9.17) is 0 Å². The zero-order valence-corrected chi connectivity index (χ0v) is 20.4. The van der Waals surface area contributed by atoms with Crippen molar-refractivity contribution in [1.29, 1.82) is 0 Å². The normalized spacial score (nSPS) is 24.9. The molecule has 2 aromatic heterocycles. The highest BCUT2D eigenvalue weighted by Gasteiger charge is 2.53. The summed E-state index contributed by atoms with van der Waals surface area (Å²) in [6.45, 7) is 1.64. The van der Waals surface area contributed by atoms with Crippen molar-refractivity contribution >= 4 is 29.4 Å². The molecule has 1 atom stereocenters. The molecule has 1 amide bonds. The fourth-order valence-electron chi connectivity index (χ4n) is 5.26. The first-order valence-corrected chi connectivity index (χ1v) is 12.3. The summed E-state index contributed by atoms with van der Waals surface area (Å²) in [4.78, 5) is 34.0. The fraction of sp³-hybridized carbons (Fsp3) is 0.308. The molecule has 3 aromatic rings. The average molecular weight is 530 g/mol. The molecule has 0 radical (unpaired) electrons. The minimum absolute atomic E-state index is 0.172. The van der Waals surface area contributed by atoms with Crippen molar-refractivity contribution in [3.8, 4) is 21.7 Å². The third kappa shape index (κ3) is 4.76. The zero-order valence-electron chi connectivity index (χ0n) is 19.5. The van der Waals surface area contributed by atoms with Crippen LogP contribution in [0.15, 0.2) is 53.7 Å². The van der Waals surface area contributed by atoms with Crippen LogP contribution >= 0.6 is 11.3 Å². The number of rotatable bonds is 5. The number of carbonyl (C=O) groups is 2. The zero-order chi connectivity index (χ0) is 26.6. The number of benzene rings is 1. The second-order valence-corrected chi connectivity index (χ2v) is 10.7. The van der Waals surface area contributed by atoms with Gasteiger partial charge in [0.15, 0.2) is 5.78 Å². The number of alkyl halides is 3. The Morgan fingerprint density at radius 1 is 1.16 bits per heavy atom. The third-order valence-electron chi connectivity index (χ3n) is 6.61. The maximum atomic E-state index is 13.2. The van der Waals surface area contributed by atoms with Gasteiger partial charge in [-0.25, -0.2) is 4.79 Å². The third-order valence-corrected chi connectivity index (χ3v) is 7.79. The van der Waals surface area contributed by atoms with Crippen LogP contribution in [-0.4, -0.2) is 51.1 Å². The molecule has 192 valence electrons. The van der Waals surface area contributed by atoms with Gasteiger partial charge in [-0.05, 0) is 30.2 Å². The minimum atomic E-state index is -4.54. The second kappa shape index (κ2) is 8.77. The Morgan fingerprint density at radius 3 is 2.43 bits per heavy atom. The molecule has 1 aliphatic heterocycles. The van der Waals surface area contributed by atoms with Crippen LogP contribution in [0.3, 0.4) is 0 Å². The summed E-state index contributed by atoms with van der Waals surface area (Å²) in [5.41, 5.74) is 0.509. The molecule has 0 spiro atoms. The first kappa shape index (κ1) is 25.1. The number of nitrogens with one attached hydrogen (secondary N) is 1. The molecule has 3 heterocycles. The number of thiophene rings is 1. The van der Waals surface area contributed by atoms with E-state index in [1.165, 1.54) is 17.6 Å². The monoisotopic (exact) mass is 529 g/mol. The van der Waals surface area contributed by atoms with Crippen LogP contribution in [0.5, 0.6) is 0 Å². The van der Waals surface area contributed by atoms with Crippen molar-refractivity contribution < 1.29 is 33.0 Å². The highest BCUT2D eigenvalue weighted by Crippen LogP contribution is 2.49. The van der Waals surface area contributed by atoms with Crippen LogP contribution in [0.25, 0.3) is 21.7 Å². The molecular weight excluding hydrogens is 507 g/mol. The molecule has 7 nitrogen and oxygen atoms in total. The summed E-state index contributed by atoms with van der Waals surface area (Å²) >= 11 is 1.24. The number of hydrogen-bond acceptors (Lipinski definition) is 6. The number of pyridine rings is 1. The van der Waals surface area contributed by atoms with Crippen molar-refractivity contribution in [1.82, 2.24) is 10.3 Å². The lowest BCUT2D eigenvalue weighted by Crippen LogP contribution is -2.61. The number of Topliss-reactive ketones (excluding diaryl/α,β-unsaturated/α-hetero) is 1. The number of ketones is 1. The number of nitrogens with zero attached hydrogens (tertiary/aromatic N) is 2. The average Bonchev–Trinajstić information content (AvgIpc) is 3.19. The molecule has 11 heteroatoms. The molecule has 37 heavy (non-hydrogen) atoms. The summed E-state index contributed by atoms with van der Waals surface area (Å²) < 4.78 is 39.3. The molecule has 5 rings (SSSR count). The quantitative estimate of drug-likeness (QED) is 0.409. The number of amides is 1. The van der Waals surface area contributed by atoms with Crippen LogP contribution in [0.2, 0.25) is 0 Å². The molecule has 0 bridgehead atoms. The van der Waals surface area contributed by atoms with Crippen molar-refractivity contribution in [2.24, 2.45) is 4.99 Å². The van der Waals surface area contributed by atoms with Crippen LogP contribution < -0.4 is 5.32 Å². The van der Waals surface area contributed by atoms with Crippen molar-refractivity contribution in [3.05, 3.63) is 64.7 Å². The number of aliphatic hydroxyl groups is 1. The Morgan fingerprint density at radius 2 is 1.86 bits per heavy atom. The topological polar surface area (TPSA) is 112 Å². The smallest absolute Gasteiger partial charge is 0.405 e. The van der Waals surface area contributed by atoms with Crippen LogP contribution in [0.4, 0.5) is 18.0 Å². The Hall–Kier alpha value is -3.57. The van der Waals surface area contributed by atoms with Gasteiger partial charge in [0.2, 0.25) is 0 Å². The summed E-state index contributed by atoms with van der Waals surface area (Å²) in [5, 5.41) is 22.1. The molecule has 1 fully saturated rings. The minimum Gasteiger partial charge on any atom is -0.465 e. The summed E-state index contributed by atoms with van der Waals surface area (Å²) in [6, 6.07) is 10.6. The van der Waals surface area contributed by atoms with Gasteiger partial charge in [0.25, 0.3) is 0 Å². The van der Waals surface area contributed by atoms with E-state index in [1.807, 2.05) is 0 Å². The van der Waals surface area contributed by atoms with Crippen LogP contribution in [0, 0.1) is 0 Å². The van der Waals surface area contributed by atoms with E-state index in [1.54, 1.807) is 55.6 Å². The van der Waals surface area contributed by atoms with Crippen LogP contribution in [0.1, 0.15) is 47.0 Å². The maximum Gasteiger partial charge on any atom is 0.405 e. The van der Waals surface area contributed by atoms with E-state index in [-0.39, 0.29) is 18.4 Å². The van der Waals surface area contributed by atoms with E-state index in [0.717, 1.165) is 0 Å². The second-order valence-electron chi connectivity index (χ2n) is 9.68. The molecule has 3 N–H and O–H groups in total.